The number of methoxy groups -OCH3 is 2. The number of fused-ring (bicyclic) bond motifs is 2. The maximum Gasteiger partial charge on any atom is 0.351 e. The molecule has 7 rings (SSSR count). The number of rotatable bonds is 20. The van der Waals surface area contributed by atoms with E-state index in [1.54, 1.807) is 50.8 Å². The molecule has 1 amide bonds. The van der Waals surface area contributed by atoms with Gasteiger partial charge in [0.15, 0.2) is 11.8 Å². The molecule has 14 nitrogen and oxygen atoms in total. The van der Waals surface area contributed by atoms with E-state index in [0.29, 0.717) is 17.1 Å². The van der Waals surface area contributed by atoms with E-state index in [2.05, 4.69) is 48.7 Å². The Morgan fingerprint density at radius 1 is 0.922 bits per heavy atom. The van der Waals surface area contributed by atoms with E-state index in [9.17, 15) is 14.9 Å². The fourth-order valence-electron chi connectivity index (χ4n) is 8.21. The fourth-order valence-corrected chi connectivity index (χ4v) is 10.0. The third-order valence-corrected chi connectivity index (χ3v) is 13.3. The zero-order valence-electron chi connectivity index (χ0n) is 36.8. The number of hydrogen-bond donors (Lipinski definition) is 1. The van der Waals surface area contributed by atoms with Gasteiger partial charge < -0.3 is 38.0 Å². The second kappa shape index (κ2) is 20.7. The minimum Gasteiger partial charge on any atom is -0.497 e. The Morgan fingerprint density at radius 2 is 1.52 bits per heavy atom. The number of ether oxygens (including phenoxy) is 5. The van der Waals surface area contributed by atoms with Crippen LogP contribution in [0.3, 0.4) is 0 Å². The van der Waals surface area contributed by atoms with Crippen molar-refractivity contribution in [2.75, 3.05) is 32.8 Å². The normalized spacial score (nSPS) is 19.8. The molecule has 2 aliphatic heterocycles. The van der Waals surface area contributed by atoms with Crippen molar-refractivity contribution in [1.29, 1.82) is 5.26 Å². The molecule has 0 saturated carbocycles. The Morgan fingerprint density at radius 3 is 2.08 bits per heavy atom. The first kappa shape index (κ1) is 46.1. The average molecular weight is 888 g/mol. The molecule has 334 valence electrons. The minimum absolute atomic E-state index is 0.0293. The lowest BCUT2D eigenvalue weighted by Gasteiger charge is -2.38. The molecule has 1 N–H and O–H groups in total. The van der Waals surface area contributed by atoms with Gasteiger partial charge >= 0.3 is 5.69 Å². The number of carbonyl (C=O) groups excluding carboxylic acids is 1. The van der Waals surface area contributed by atoms with Gasteiger partial charge in [-0.2, -0.15) is 10.2 Å². The van der Waals surface area contributed by atoms with E-state index in [1.807, 2.05) is 91.0 Å². The summed E-state index contributed by atoms with van der Waals surface area (Å²) in [4.78, 5) is 30.9. The van der Waals surface area contributed by atoms with Gasteiger partial charge in [0.05, 0.1) is 46.2 Å². The smallest absolute Gasteiger partial charge is 0.351 e. The Hall–Kier alpha value is -5.91. The van der Waals surface area contributed by atoms with Crippen molar-refractivity contribution in [2.45, 2.75) is 82.3 Å². The number of nitriles is 1. The molecule has 0 spiro atoms. The number of amides is 1. The largest absolute Gasteiger partial charge is 0.497 e. The van der Waals surface area contributed by atoms with Crippen LogP contribution in [-0.2, 0) is 28.9 Å². The molecular weight excluding hydrogens is 834 g/mol. The SMILES string of the molecule is COc1ccc(C(OC=CC[C@]23CO[C@@H]([C@H](n4ccc(NC(=O)c5ccccc5)nc4=O)O2)[C@@H]3OP(OCCC#N)N(C(C)C)C(C)C)(c2ccccc2)c2ccc(OC)cc2)cc1. The maximum absolute atomic E-state index is 13.8. The highest BCUT2D eigenvalue weighted by Crippen LogP contribution is 2.56. The Labute approximate surface area is 375 Å². The zero-order chi connectivity index (χ0) is 45.3. The Bertz CT molecular complexity index is 2390. The van der Waals surface area contributed by atoms with Crippen molar-refractivity contribution in [2.24, 2.45) is 0 Å². The van der Waals surface area contributed by atoms with E-state index in [1.165, 1.54) is 10.8 Å². The number of aromatic nitrogens is 2. The van der Waals surface area contributed by atoms with Gasteiger partial charge in [-0.15, -0.1) is 0 Å². The van der Waals surface area contributed by atoms with E-state index in [-0.39, 0.29) is 44.0 Å². The van der Waals surface area contributed by atoms with Gasteiger partial charge in [-0.05, 0) is 76.2 Å². The summed E-state index contributed by atoms with van der Waals surface area (Å²) < 4.78 is 48.4. The predicted octanol–water partition coefficient (Wildman–Crippen LogP) is 8.75. The summed E-state index contributed by atoms with van der Waals surface area (Å²) >= 11 is 0. The van der Waals surface area contributed by atoms with Gasteiger partial charge in [-0.25, -0.2) is 9.46 Å². The van der Waals surface area contributed by atoms with Crippen LogP contribution in [0.1, 0.15) is 73.8 Å². The van der Waals surface area contributed by atoms with Crippen LogP contribution in [0, 0.1) is 11.3 Å². The monoisotopic (exact) mass is 887 g/mol. The van der Waals surface area contributed by atoms with E-state index in [4.69, 9.17) is 32.7 Å². The minimum atomic E-state index is -1.74. The first-order valence-corrected chi connectivity index (χ1v) is 22.3. The van der Waals surface area contributed by atoms with Crippen molar-refractivity contribution < 1.29 is 37.5 Å². The van der Waals surface area contributed by atoms with Crippen molar-refractivity contribution >= 4 is 20.3 Å². The molecule has 2 aliphatic rings. The lowest BCUT2D eigenvalue weighted by Crippen LogP contribution is -2.43. The molecule has 1 aromatic heterocycles. The summed E-state index contributed by atoms with van der Waals surface area (Å²) in [6.45, 7) is 8.57. The molecule has 1 unspecified atom stereocenters. The molecule has 0 aliphatic carbocycles. The molecule has 5 aromatic rings. The number of hydrogen-bond acceptors (Lipinski definition) is 12. The van der Waals surface area contributed by atoms with Crippen molar-refractivity contribution in [3.05, 3.63) is 167 Å². The molecule has 2 fully saturated rings. The summed E-state index contributed by atoms with van der Waals surface area (Å²) in [6.07, 6.45) is 3.09. The molecule has 3 heterocycles. The van der Waals surface area contributed by atoms with Crippen LogP contribution in [0.5, 0.6) is 11.5 Å². The third kappa shape index (κ3) is 9.76. The number of benzene rings is 4. The van der Waals surface area contributed by atoms with E-state index < -0.39 is 49.8 Å². The summed E-state index contributed by atoms with van der Waals surface area (Å²) in [5.41, 5.74) is 0.131. The third-order valence-electron chi connectivity index (χ3n) is 11.2. The van der Waals surface area contributed by atoms with Crippen LogP contribution in [-0.4, -0.2) is 77.5 Å². The molecule has 2 saturated heterocycles. The van der Waals surface area contributed by atoms with Gasteiger partial charge in [-0.1, -0.05) is 72.8 Å². The molecule has 0 radical (unpaired) electrons. The maximum atomic E-state index is 13.8. The van der Waals surface area contributed by atoms with Gasteiger partial charge in [0.1, 0.15) is 35.1 Å². The Balaban J connectivity index is 1.25. The molecule has 15 heteroatoms. The fraction of sp³-hybridized carbons (Fsp3) is 0.347. The molecule has 2 bridgehead atoms. The summed E-state index contributed by atoms with van der Waals surface area (Å²) in [6, 6.07) is 38.0. The van der Waals surface area contributed by atoms with Gasteiger partial charge in [0.2, 0.25) is 0 Å². The van der Waals surface area contributed by atoms with Crippen LogP contribution in [0.25, 0.3) is 0 Å². The van der Waals surface area contributed by atoms with Crippen molar-refractivity contribution in [1.82, 2.24) is 14.2 Å². The summed E-state index contributed by atoms with van der Waals surface area (Å²) in [5.74, 6) is 1.11. The van der Waals surface area contributed by atoms with E-state index >= 15 is 0 Å². The standard InChI is InChI=1S/C49H54N5O9P/c1-34(2)54(35(3)4)64(61-32-14-29-50)63-44-43-46(53-30-27-42(52-47(53)56)51-45(55)36-15-9-7-10-16-36)62-48(44,33-59-43)28-13-31-60-49(37-17-11-8-12-18-37,38-19-23-40(57-5)24-20-38)39-21-25-41(58-6)26-22-39/h7-13,15-27,30-31,34-35,43-44,46H,14,28,32-33H2,1-6H3,(H,51,52,55,56)/t43-,44+,46-,48-,64?/m1/s1. The average Bonchev–Trinajstić information content (AvgIpc) is 3.80. The zero-order valence-corrected chi connectivity index (χ0v) is 37.7. The van der Waals surface area contributed by atoms with E-state index in [0.717, 1.165) is 16.7 Å². The second-order valence-corrected chi connectivity index (χ2v) is 17.3. The molecule has 5 atom stereocenters. The first-order chi connectivity index (χ1) is 31.0. The van der Waals surface area contributed by atoms with Gasteiger partial charge in [-0.3, -0.25) is 9.36 Å². The number of carbonyl (C=O) groups is 1. The highest BCUT2D eigenvalue weighted by atomic mass is 31.2. The molecular formula is C49H54N5O9P. The van der Waals surface area contributed by atoms with Gasteiger partial charge in [0.25, 0.3) is 14.4 Å². The highest BCUT2D eigenvalue weighted by molar-refractivity contribution is 7.44. The van der Waals surface area contributed by atoms with Crippen molar-refractivity contribution in [3.8, 4) is 17.6 Å². The highest BCUT2D eigenvalue weighted by Gasteiger charge is 2.64. The second-order valence-electron chi connectivity index (χ2n) is 15.9. The predicted molar refractivity (Wildman–Crippen MR) is 243 cm³/mol. The van der Waals surface area contributed by atoms with Crippen LogP contribution in [0.2, 0.25) is 0 Å². The van der Waals surface area contributed by atoms with Crippen molar-refractivity contribution in [3.63, 3.8) is 0 Å². The van der Waals surface area contributed by atoms with Crippen LogP contribution >= 0.6 is 8.53 Å². The molecule has 4 aromatic carbocycles. The Kier molecular flexibility index (Phi) is 14.9. The number of anilines is 1. The van der Waals surface area contributed by atoms with Crippen LogP contribution in [0.4, 0.5) is 5.82 Å². The van der Waals surface area contributed by atoms with Gasteiger partial charge in [0, 0.05) is 47.0 Å². The van der Waals surface area contributed by atoms with Crippen LogP contribution < -0.4 is 20.5 Å². The lowest BCUT2D eigenvalue weighted by atomic mass is 9.80. The summed E-state index contributed by atoms with van der Waals surface area (Å²) in [5, 5.41) is 12.1. The quantitative estimate of drug-likeness (QED) is 0.0344. The first-order valence-electron chi connectivity index (χ1n) is 21.2. The summed E-state index contributed by atoms with van der Waals surface area (Å²) in [7, 11) is 1.52. The topological polar surface area (TPSA) is 156 Å². The number of nitrogens with one attached hydrogen (secondary N) is 1. The lowest BCUT2D eigenvalue weighted by molar-refractivity contribution is -0.173. The van der Waals surface area contributed by atoms with Crippen LogP contribution in [0.15, 0.2) is 139 Å². The number of nitrogens with zero attached hydrogens (tertiary/aromatic N) is 4. The molecule has 64 heavy (non-hydrogen) atoms.